The predicted molar refractivity (Wildman–Crippen MR) is 128 cm³/mol. The lowest BCUT2D eigenvalue weighted by atomic mass is 9.88. The van der Waals surface area contributed by atoms with E-state index in [4.69, 9.17) is 32.9 Å². The van der Waals surface area contributed by atoms with Crippen molar-refractivity contribution in [1.29, 1.82) is 0 Å². The Morgan fingerprint density at radius 3 is 2.41 bits per heavy atom. The Hall–Kier alpha value is -2.94. The zero-order valence-corrected chi connectivity index (χ0v) is 19.7. The highest BCUT2D eigenvalue weighted by Gasteiger charge is 2.59. The molecule has 2 amide bonds. The number of halogens is 2. The van der Waals surface area contributed by atoms with E-state index >= 15 is 0 Å². The first kappa shape index (κ1) is 22.8. The van der Waals surface area contributed by atoms with Gasteiger partial charge in [0.25, 0.3) is 5.91 Å². The molecule has 0 radical (unpaired) electrons. The van der Waals surface area contributed by atoms with Crippen LogP contribution in [0.5, 0.6) is 0 Å². The van der Waals surface area contributed by atoms with Crippen LogP contribution in [-0.4, -0.2) is 41.1 Å². The number of alkyl halides is 1. The van der Waals surface area contributed by atoms with Crippen LogP contribution in [0.3, 0.4) is 0 Å². The number of nitrogens with zero attached hydrogens (tertiary/aromatic N) is 3. The third kappa shape index (κ3) is 3.66. The lowest BCUT2D eigenvalue weighted by Crippen LogP contribution is -2.67. The Morgan fingerprint density at radius 1 is 1.03 bits per heavy atom. The molecular formula is C25H21Cl2N3O4. The van der Waals surface area contributed by atoms with Crippen LogP contribution in [-0.2, 0) is 31.5 Å². The van der Waals surface area contributed by atoms with Crippen molar-refractivity contribution in [2.24, 2.45) is 0 Å². The molecule has 2 aliphatic rings. The van der Waals surface area contributed by atoms with Crippen molar-refractivity contribution < 1.29 is 19.3 Å². The molecule has 3 aromatic carbocycles. The van der Waals surface area contributed by atoms with Gasteiger partial charge in [0.15, 0.2) is 5.66 Å². The van der Waals surface area contributed by atoms with Crippen LogP contribution < -0.4 is 4.90 Å². The van der Waals surface area contributed by atoms with Crippen molar-refractivity contribution in [3.8, 4) is 0 Å². The molecule has 7 nitrogen and oxygen atoms in total. The van der Waals surface area contributed by atoms with Crippen LogP contribution in [0.4, 0.5) is 5.69 Å². The summed E-state index contributed by atoms with van der Waals surface area (Å²) in [4.78, 5) is 40.3. The Kier molecular flexibility index (Phi) is 6.06. The molecule has 34 heavy (non-hydrogen) atoms. The Balaban J connectivity index is 1.77. The second-order valence-electron chi connectivity index (χ2n) is 8.00. The maximum absolute atomic E-state index is 13.5. The van der Waals surface area contributed by atoms with E-state index in [1.54, 1.807) is 25.2 Å². The molecule has 0 aliphatic carbocycles. The van der Waals surface area contributed by atoms with Gasteiger partial charge >= 0.3 is 0 Å². The highest BCUT2D eigenvalue weighted by atomic mass is 35.5. The molecule has 0 aromatic heterocycles. The van der Waals surface area contributed by atoms with Crippen molar-refractivity contribution in [3.05, 3.63) is 101 Å². The van der Waals surface area contributed by atoms with Crippen molar-refractivity contribution in [2.75, 3.05) is 18.5 Å². The minimum atomic E-state index is -1.47. The predicted octanol–water partition coefficient (Wildman–Crippen LogP) is 4.29. The standard InChI is InChI=1S/C25H21Cl2N3O4/c1-28-21-13-12-19(26)14-20(21)25(18-10-6-3-7-11-18)29(15-22(28)31)34-23(27)24(32)30(25)33-16-17-8-4-2-5-9-17/h2-14,23H,15-16H2,1H3/t23-,25-/m0/s1. The van der Waals surface area contributed by atoms with Gasteiger partial charge in [-0.05, 0) is 23.8 Å². The Morgan fingerprint density at radius 2 is 1.71 bits per heavy atom. The summed E-state index contributed by atoms with van der Waals surface area (Å²) in [7, 11) is 1.67. The molecule has 2 heterocycles. The summed E-state index contributed by atoms with van der Waals surface area (Å²) in [5.41, 5.74) is -0.240. The summed E-state index contributed by atoms with van der Waals surface area (Å²) in [6.07, 6.45) is 0. The normalized spacial score (nSPS) is 22.9. The van der Waals surface area contributed by atoms with Crippen molar-refractivity contribution in [2.45, 2.75) is 17.8 Å². The number of anilines is 1. The lowest BCUT2D eigenvalue weighted by Gasteiger charge is -2.52. The van der Waals surface area contributed by atoms with Gasteiger partial charge in [-0.3, -0.25) is 19.3 Å². The van der Waals surface area contributed by atoms with E-state index in [-0.39, 0.29) is 19.1 Å². The highest BCUT2D eigenvalue weighted by Crippen LogP contribution is 2.49. The SMILES string of the molecule is CN1C(=O)CN2O[C@H](Cl)C(=O)N(OCc3ccccc3)[C@@]2(c2ccccc2)c2cc(Cl)ccc21. The summed E-state index contributed by atoms with van der Waals surface area (Å²) in [6, 6.07) is 23.9. The molecule has 9 heteroatoms. The number of rotatable bonds is 4. The van der Waals surface area contributed by atoms with Gasteiger partial charge in [-0.15, -0.1) is 5.06 Å². The first-order valence-electron chi connectivity index (χ1n) is 10.6. The largest absolute Gasteiger partial charge is 0.314 e. The van der Waals surface area contributed by atoms with Crippen LogP contribution >= 0.6 is 23.2 Å². The summed E-state index contributed by atoms with van der Waals surface area (Å²) < 4.78 is 0. The third-order valence-electron chi connectivity index (χ3n) is 6.00. The zero-order chi connectivity index (χ0) is 23.9. The van der Waals surface area contributed by atoms with Gasteiger partial charge in [0, 0.05) is 23.2 Å². The van der Waals surface area contributed by atoms with Crippen LogP contribution in [0.2, 0.25) is 5.02 Å². The van der Waals surface area contributed by atoms with E-state index < -0.39 is 17.1 Å². The molecule has 1 fully saturated rings. The van der Waals surface area contributed by atoms with Gasteiger partial charge in [0.1, 0.15) is 13.2 Å². The quantitative estimate of drug-likeness (QED) is 0.503. The molecule has 0 spiro atoms. The molecule has 3 aromatic rings. The number of fused-ring (bicyclic) bond motifs is 3. The maximum Gasteiger partial charge on any atom is 0.295 e. The summed E-state index contributed by atoms with van der Waals surface area (Å²) >= 11 is 12.8. The molecule has 1 saturated heterocycles. The number of carbonyl (C=O) groups is 2. The molecule has 0 N–H and O–H groups in total. The smallest absolute Gasteiger partial charge is 0.295 e. The molecule has 2 atom stereocenters. The molecule has 5 rings (SSSR count). The molecule has 0 saturated carbocycles. The number of carbonyl (C=O) groups excluding carboxylic acids is 2. The van der Waals surface area contributed by atoms with E-state index in [1.165, 1.54) is 15.0 Å². The number of hydrogen-bond acceptors (Lipinski definition) is 5. The van der Waals surface area contributed by atoms with Crippen molar-refractivity contribution >= 4 is 40.7 Å². The van der Waals surface area contributed by atoms with Gasteiger partial charge in [0.05, 0.1) is 5.69 Å². The molecule has 0 bridgehead atoms. The maximum atomic E-state index is 13.5. The van der Waals surface area contributed by atoms with Gasteiger partial charge in [-0.25, -0.2) is 0 Å². The summed E-state index contributed by atoms with van der Waals surface area (Å²) in [5.74, 6) is -0.844. The van der Waals surface area contributed by atoms with Gasteiger partial charge in [0.2, 0.25) is 11.5 Å². The highest BCUT2D eigenvalue weighted by molar-refractivity contribution is 6.31. The van der Waals surface area contributed by atoms with E-state index in [9.17, 15) is 9.59 Å². The number of amides is 2. The Labute approximate surface area is 206 Å². The summed E-state index contributed by atoms with van der Waals surface area (Å²) in [5, 5.41) is 3.06. The molecular weight excluding hydrogens is 477 g/mol. The van der Waals surface area contributed by atoms with Gasteiger partial charge in [-0.1, -0.05) is 83.9 Å². The average molecular weight is 498 g/mol. The monoisotopic (exact) mass is 497 g/mol. The lowest BCUT2D eigenvalue weighted by molar-refractivity contribution is -0.356. The minimum Gasteiger partial charge on any atom is -0.314 e. The fourth-order valence-electron chi connectivity index (χ4n) is 4.38. The second-order valence-corrected chi connectivity index (χ2v) is 8.84. The number of hydroxylamine groups is 4. The van der Waals surface area contributed by atoms with E-state index in [2.05, 4.69) is 0 Å². The van der Waals surface area contributed by atoms with Crippen LogP contribution in [0.1, 0.15) is 16.7 Å². The number of hydrogen-bond donors (Lipinski definition) is 0. The first-order valence-corrected chi connectivity index (χ1v) is 11.5. The molecule has 2 aliphatic heterocycles. The van der Waals surface area contributed by atoms with Gasteiger partial charge < -0.3 is 4.90 Å². The van der Waals surface area contributed by atoms with Gasteiger partial charge in [-0.2, -0.15) is 5.06 Å². The topological polar surface area (TPSA) is 62.3 Å². The fourth-order valence-corrected chi connectivity index (χ4v) is 4.74. The second kappa shape index (κ2) is 9.02. The average Bonchev–Trinajstić information content (AvgIpc) is 2.94. The molecule has 0 unspecified atom stereocenters. The van der Waals surface area contributed by atoms with E-state index in [1.807, 2.05) is 60.7 Å². The van der Waals surface area contributed by atoms with Crippen molar-refractivity contribution in [3.63, 3.8) is 0 Å². The minimum absolute atomic E-state index is 0.0955. The van der Waals surface area contributed by atoms with Crippen LogP contribution in [0.15, 0.2) is 78.9 Å². The zero-order valence-electron chi connectivity index (χ0n) is 18.2. The number of likely N-dealkylation sites (N-methyl/N-ethyl adjacent to an activating group) is 1. The van der Waals surface area contributed by atoms with Crippen LogP contribution in [0, 0.1) is 0 Å². The fraction of sp³-hybridized carbons (Fsp3) is 0.200. The van der Waals surface area contributed by atoms with Crippen LogP contribution in [0.25, 0.3) is 0 Å². The third-order valence-corrected chi connectivity index (χ3v) is 6.50. The summed E-state index contributed by atoms with van der Waals surface area (Å²) in [6.45, 7) is -0.0856. The number of benzene rings is 3. The Bertz CT molecular complexity index is 1230. The van der Waals surface area contributed by atoms with E-state index in [0.29, 0.717) is 21.8 Å². The molecule has 174 valence electrons. The van der Waals surface area contributed by atoms with Crippen molar-refractivity contribution in [1.82, 2.24) is 10.1 Å². The van der Waals surface area contributed by atoms with E-state index in [0.717, 1.165) is 5.56 Å². The first-order chi connectivity index (χ1) is 16.4.